The van der Waals surface area contributed by atoms with Crippen molar-refractivity contribution in [2.75, 3.05) is 38.6 Å². The number of piperidine rings is 1. The maximum atomic E-state index is 12.1. The van der Waals surface area contributed by atoms with Gasteiger partial charge in [0.25, 0.3) is 0 Å². The fourth-order valence-corrected chi connectivity index (χ4v) is 2.89. The number of nitrogens with one attached hydrogen (secondary N) is 1. The van der Waals surface area contributed by atoms with Gasteiger partial charge in [0.2, 0.25) is 5.91 Å². The number of amides is 1. The molecule has 1 aromatic rings. The van der Waals surface area contributed by atoms with E-state index in [-0.39, 0.29) is 5.91 Å². The van der Waals surface area contributed by atoms with Crippen LogP contribution in [0.4, 0.5) is 5.69 Å². The van der Waals surface area contributed by atoms with E-state index in [4.69, 9.17) is 22.1 Å². The zero-order valence-corrected chi connectivity index (χ0v) is 13.0. The first kappa shape index (κ1) is 16.1. The van der Waals surface area contributed by atoms with Gasteiger partial charge in [-0.1, -0.05) is 11.6 Å². The second-order valence-corrected chi connectivity index (χ2v) is 5.78. The number of halogens is 1. The largest absolute Gasteiger partial charge is 0.495 e. The molecule has 21 heavy (non-hydrogen) atoms. The lowest BCUT2D eigenvalue weighted by atomic mass is 9.98. The molecule has 3 N–H and O–H groups in total. The summed E-state index contributed by atoms with van der Waals surface area (Å²) in [6.45, 7) is 2.92. The topological polar surface area (TPSA) is 67.6 Å². The van der Waals surface area contributed by atoms with Crippen LogP contribution in [0.1, 0.15) is 12.8 Å². The van der Waals surface area contributed by atoms with Crippen LogP contribution in [0.2, 0.25) is 5.02 Å². The van der Waals surface area contributed by atoms with Crippen LogP contribution >= 0.6 is 11.6 Å². The highest BCUT2D eigenvalue weighted by Gasteiger charge is 2.20. The van der Waals surface area contributed by atoms with Gasteiger partial charge in [-0.05, 0) is 50.0 Å². The van der Waals surface area contributed by atoms with Crippen molar-refractivity contribution >= 4 is 23.2 Å². The maximum absolute atomic E-state index is 12.1. The Balaban J connectivity index is 1.88. The first-order chi connectivity index (χ1) is 10.1. The molecular formula is C15H22ClN3O2. The number of hydrogen-bond acceptors (Lipinski definition) is 4. The van der Waals surface area contributed by atoms with Crippen molar-refractivity contribution < 1.29 is 9.53 Å². The summed E-state index contributed by atoms with van der Waals surface area (Å²) in [4.78, 5) is 14.2. The smallest absolute Gasteiger partial charge is 0.238 e. The van der Waals surface area contributed by atoms with Gasteiger partial charge < -0.3 is 15.8 Å². The lowest BCUT2D eigenvalue weighted by Gasteiger charge is -2.31. The van der Waals surface area contributed by atoms with Gasteiger partial charge in [-0.25, -0.2) is 0 Å². The molecule has 1 amide bonds. The number of carbonyl (C=O) groups excluding carboxylic acids is 1. The molecule has 1 aromatic carbocycles. The average Bonchev–Trinajstić information content (AvgIpc) is 2.47. The summed E-state index contributed by atoms with van der Waals surface area (Å²) in [5.74, 6) is 1.06. The van der Waals surface area contributed by atoms with Crippen LogP contribution in [0.3, 0.4) is 0 Å². The van der Waals surface area contributed by atoms with Gasteiger partial charge in [0, 0.05) is 12.2 Å². The molecule has 0 aromatic heterocycles. The number of carbonyl (C=O) groups is 1. The number of hydrogen-bond donors (Lipinski definition) is 2. The summed E-state index contributed by atoms with van der Waals surface area (Å²) < 4.78 is 5.09. The third-order valence-corrected chi connectivity index (χ3v) is 4.03. The van der Waals surface area contributed by atoms with Gasteiger partial charge in [-0.3, -0.25) is 9.69 Å². The van der Waals surface area contributed by atoms with E-state index in [1.54, 1.807) is 25.3 Å². The van der Waals surface area contributed by atoms with E-state index in [2.05, 4.69) is 10.2 Å². The molecule has 116 valence electrons. The first-order valence-corrected chi connectivity index (χ1v) is 7.56. The predicted octanol–water partition coefficient (Wildman–Crippen LogP) is 1.96. The zero-order valence-electron chi connectivity index (χ0n) is 12.3. The second kappa shape index (κ2) is 7.64. The van der Waals surface area contributed by atoms with Crippen LogP contribution in [-0.2, 0) is 4.79 Å². The van der Waals surface area contributed by atoms with Crippen molar-refractivity contribution in [3.05, 3.63) is 23.2 Å². The minimum absolute atomic E-state index is 0.0334. The molecule has 0 spiro atoms. The number of likely N-dealkylation sites (tertiary alicyclic amines) is 1. The second-order valence-electron chi connectivity index (χ2n) is 5.38. The highest BCUT2D eigenvalue weighted by atomic mass is 35.5. The van der Waals surface area contributed by atoms with Crippen LogP contribution in [0.5, 0.6) is 5.75 Å². The number of benzene rings is 1. The van der Waals surface area contributed by atoms with Crippen LogP contribution in [0, 0.1) is 5.92 Å². The number of methoxy groups -OCH3 is 1. The van der Waals surface area contributed by atoms with Crippen molar-refractivity contribution in [1.29, 1.82) is 0 Å². The Morgan fingerprint density at radius 3 is 3.05 bits per heavy atom. The van der Waals surface area contributed by atoms with E-state index >= 15 is 0 Å². The Bertz CT molecular complexity index is 496. The first-order valence-electron chi connectivity index (χ1n) is 7.18. The highest BCUT2D eigenvalue weighted by molar-refractivity contribution is 6.32. The standard InChI is InChI=1S/C15H22ClN3O2/c1-21-14-5-4-12(7-13(14)16)18-15(20)10-19-6-2-3-11(8-17)9-19/h4-5,7,11H,2-3,6,8-10,17H2,1H3,(H,18,20). The van der Waals surface area contributed by atoms with Gasteiger partial charge in [0.1, 0.15) is 5.75 Å². The molecule has 0 saturated carbocycles. The molecule has 1 saturated heterocycles. The average molecular weight is 312 g/mol. The van der Waals surface area contributed by atoms with Crippen molar-refractivity contribution in [3.8, 4) is 5.75 Å². The van der Waals surface area contributed by atoms with Gasteiger partial charge in [0.05, 0.1) is 18.7 Å². The molecule has 2 rings (SSSR count). The lowest BCUT2D eigenvalue weighted by Crippen LogP contribution is -2.42. The number of ether oxygens (including phenoxy) is 1. The number of rotatable bonds is 5. The molecule has 1 aliphatic rings. The molecule has 0 radical (unpaired) electrons. The predicted molar refractivity (Wildman–Crippen MR) is 84.9 cm³/mol. The van der Waals surface area contributed by atoms with E-state index in [0.29, 0.717) is 35.5 Å². The van der Waals surface area contributed by atoms with Crippen molar-refractivity contribution in [3.63, 3.8) is 0 Å². The summed E-state index contributed by atoms with van der Waals surface area (Å²) >= 11 is 6.04. The quantitative estimate of drug-likeness (QED) is 0.872. The summed E-state index contributed by atoms with van der Waals surface area (Å²) in [5, 5.41) is 3.35. The molecule has 1 unspecified atom stereocenters. The van der Waals surface area contributed by atoms with Crippen LogP contribution in [-0.4, -0.2) is 44.1 Å². The Labute approximate surface area is 130 Å². The normalized spacial score (nSPS) is 19.3. The summed E-state index contributed by atoms with van der Waals surface area (Å²) in [5.41, 5.74) is 6.39. The third kappa shape index (κ3) is 4.59. The molecule has 1 heterocycles. The van der Waals surface area contributed by atoms with Gasteiger partial charge >= 0.3 is 0 Å². The van der Waals surface area contributed by atoms with E-state index in [0.717, 1.165) is 25.9 Å². The molecule has 0 bridgehead atoms. The van der Waals surface area contributed by atoms with Crippen LogP contribution in [0.25, 0.3) is 0 Å². The van der Waals surface area contributed by atoms with E-state index < -0.39 is 0 Å². The van der Waals surface area contributed by atoms with Gasteiger partial charge in [-0.2, -0.15) is 0 Å². The minimum atomic E-state index is -0.0334. The Morgan fingerprint density at radius 2 is 2.38 bits per heavy atom. The third-order valence-electron chi connectivity index (χ3n) is 3.74. The van der Waals surface area contributed by atoms with E-state index in [9.17, 15) is 4.79 Å². The summed E-state index contributed by atoms with van der Waals surface area (Å²) in [6, 6.07) is 5.21. The zero-order chi connectivity index (χ0) is 15.2. The number of nitrogens with two attached hydrogens (primary N) is 1. The number of nitrogens with zero attached hydrogens (tertiary/aromatic N) is 1. The monoisotopic (exact) mass is 311 g/mol. The molecule has 1 fully saturated rings. The Hall–Kier alpha value is -1.30. The van der Waals surface area contributed by atoms with E-state index in [1.807, 2.05) is 0 Å². The highest BCUT2D eigenvalue weighted by Crippen LogP contribution is 2.27. The molecule has 5 nitrogen and oxygen atoms in total. The summed E-state index contributed by atoms with van der Waals surface area (Å²) in [6.07, 6.45) is 2.26. The molecule has 1 aliphatic heterocycles. The SMILES string of the molecule is COc1ccc(NC(=O)CN2CCCC(CN)C2)cc1Cl. The fourth-order valence-electron chi connectivity index (χ4n) is 2.64. The molecule has 6 heteroatoms. The number of anilines is 1. The lowest BCUT2D eigenvalue weighted by molar-refractivity contribution is -0.117. The fraction of sp³-hybridized carbons (Fsp3) is 0.533. The maximum Gasteiger partial charge on any atom is 0.238 e. The van der Waals surface area contributed by atoms with Crippen molar-refractivity contribution in [2.45, 2.75) is 12.8 Å². The van der Waals surface area contributed by atoms with Crippen LogP contribution in [0.15, 0.2) is 18.2 Å². The summed E-state index contributed by atoms with van der Waals surface area (Å²) in [7, 11) is 1.56. The van der Waals surface area contributed by atoms with Crippen molar-refractivity contribution in [2.24, 2.45) is 11.7 Å². The van der Waals surface area contributed by atoms with Gasteiger partial charge in [0.15, 0.2) is 0 Å². The molecule has 0 aliphatic carbocycles. The Morgan fingerprint density at radius 1 is 1.57 bits per heavy atom. The molecule has 1 atom stereocenters. The minimum Gasteiger partial charge on any atom is -0.495 e. The molecular weight excluding hydrogens is 290 g/mol. The Kier molecular flexibility index (Phi) is 5.85. The van der Waals surface area contributed by atoms with E-state index in [1.165, 1.54) is 0 Å². The van der Waals surface area contributed by atoms with Gasteiger partial charge in [-0.15, -0.1) is 0 Å². The van der Waals surface area contributed by atoms with Crippen LogP contribution < -0.4 is 15.8 Å². The van der Waals surface area contributed by atoms with Crippen molar-refractivity contribution in [1.82, 2.24) is 4.90 Å².